The average Bonchev–Trinajstić information content (AvgIpc) is 1.90. The molecule has 3 heteroatoms. The van der Waals surface area contributed by atoms with Gasteiger partial charge in [-0.1, -0.05) is 0 Å². The molecule has 0 spiro atoms. The molecule has 0 radical (unpaired) electrons. The summed E-state index contributed by atoms with van der Waals surface area (Å²) in [6.07, 6.45) is 2.12. The maximum absolute atomic E-state index is 8.51. The number of hydroxylamine groups is 1. The number of rotatable bonds is 1. The van der Waals surface area contributed by atoms with Crippen molar-refractivity contribution < 1.29 is 5.21 Å². The number of likely N-dealkylation sites (tertiary alicyclic amines) is 1. The van der Waals surface area contributed by atoms with E-state index in [2.05, 4.69) is 17.4 Å². The van der Waals surface area contributed by atoms with E-state index in [-0.39, 0.29) is 0 Å². The van der Waals surface area contributed by atoms with Gasteiger partial charge >= 0.3 is 0 Å². The van der Waals surface area contributed by atoms with Crippen LogP contribution in [0.3, 0.4) is 0 Å². The largest absolute Gasteiger partial charge is 0.317 e. The van der Waals surface area contributed by atoms with Crippen molar-refractivity contribution >= 4 is 0 Å². The van der Waals surface area contributed by atoms with Crippen molar-refractivity contribution in [1.82, 2.24) is 10.4 Å². The molecule has 54 valence electrons. The van der Waals surface area contributed by atoms with Crippen molar-refractivity contribution in [2.75, 3.05) is 20.1 Å². The second-order valence-electron chi connectivity index (χ2n) is 2.71. The van der Waals surface area contributed by atoms with Crippen molar-refractivity contribution in [3.8, 4) is 0 Å². The Morgan fingerprint density at radius 1 is 1.44 bits per heavy atom. The summed E-state index contributed by atoms with van der Waals surface area (Å²) in [5.41, 5.74) is 2.30. The van der Waals surface area contributed by atoms with Crippen molar-refractivity contribution in [2.24, 2.45) is 0 Å². The Balaban J connectivity index is 2.18. The van der Waals surface area contributed by atoms with Gasteiger partial charge in [0.1, 0.15) is 0 Å². The first kappa shape index (κ1) is 6.99. The Bertz CT molecular complexity index is 79.1. The zero-order valence-corrected chi connectivity index (χ0v) is 5.80. The summed E-state index contributed by atoms with van der Waals surface area (Å²) in [6.45, 7) is 2.19. The van der Waals surface area contributed by atoms with Crippen LogP contribution < -0.4 is 5.48 Å². The molecule has 0 saturated carbocycles. The van der Waals surface area contributed by atoms with E-state index >= 15 is 0 Å². The van der Waals surface area contributed by atoms with Crippen LogP contribution in [-0.4, -0.2) is 36.3 Å². The molecule has 1 heterocycles. The first-order valence-electron chi connectivity index (χ1n) is 3.41. The lowest BCUT2D eigenvalue weighted by Crippen LogP contribution is -2.39. The maximum Gasteiger partial charge on any atom is 0.0344 e. The quantitative estimate of drug-likeness (QED) is 0.493. The molecule has 0 unspecified atom stereocenters. The molecular formula is C6H14N2O. The molecule has 0 bridgehead atoms. The van der Waals surface area contributed by atoms with Gasteiger partial charge in [-0.2, -0.15) is 0 Å². The predicted octanol–water partition coefficient (Wildman–Crippen LogP) is 0.0594. The maximum atomic E-state index is 8.51. The molecule has 1 aliphatic rings. The van der Waals surface area contributed by atoms with Crippen LogP contribution in [0.1, 0.15) is 12.8 Å². The van der Waals surface area contributed by atoms with Crippen molar-refractivity contribution in [1.29, 1.82) is 0 Å². The Morgan fingerprint density at radius 2 is 2.00 bits per heavy atom. The Hall–Kier alpha value is -0.120. The summed E-state index contributed by atoms with van der Waals surface area (Å²) in [4.78, 5) is 2.27. The molecule has 0 amide bonds. The standard InChI is InChI=1S/C6H14N2O/c1-8-4-2-6(7-9)3-5-8/h6-7,9H,2-5H2,1H3. The molecule has 0 aromatic carbocycles. The molecule has 9 heavy (non-hydrogen) atoms. The highest BCUT2D eigenvalue weighted by molar-refractivity contribution is 4.71. The monoisotopic (exact) mass is 130 g/mol. The van der Waals surface area contributed by atoms with E-state index in [1.54, 1.807) is 0 Å². The van der Waals surface area contributed by atoms with Gasteiger partial charge in [0.25, 0.3) is 0 Å². The molecule has 2 N–H and O–H groups in total. The van der Waals surface area contributed by atoms with Crippen LogP contribution in [0.25, 0.3) is 0 Å². The fraction of sp³-hybridized carbons (Fsp3) is 1.00. The van der Waals surface area contributed by atoms with Crippen molar-refractivity contribution in [3.05, 3.63) is 0 Å². The lowest BCUT2D eigenvalue weighted by atomic mass is 10.1. The number of nitrogens with one attached hydrogen (secondary N) is 1. The molecule has 0 aromatic rings. The number of nitrogens with zero attached hydrogens (tertiary/aromatic N) is 1. The van der Waals surface area contributed by atoms with Crippen LogP contribution in [0.4, 0.5) is 0 Å². The Labute approximate surface area is 55.6 Å². The predicted molar refractivity (Wildman–Crippen MR) is 35.4 cm³/mol. The molecule has 3 nitrogen and oxygen atoms in total. The summed E-state index contributed by atoms with van der Waals surface area (Å²) >= 11 is 0. The van der Waals surface area contributed by atoms with E-state index < -0.39 is 0 Å². The summed E-state index contributed by atoms with van der Waals surface area (Å²) in [5.74, 6) is 0. The van der Waals surface area contributed by atoms with Crippen LogP contribution in [-0.2, 0) is 0 Å². The van der Waals surface area contributed by atoms with Gasteiger partial charge in [0, 0.05) is 6.04 Å². The van der Waals surface area contributed by atoms with Crippen LogP contribution in [0.5, 0.6) is 0 Å². The molecule has 0 aromatic heterocycles. The van der Waals surface area contributed by atoms with Crippen LogP contribution in [0.2, 0.25) is 0 Å². The third kappa shape index (κ3) is 1.93. The lowest BCUT2D eigenvalue weighted by molar-refractivity contribution is 0.0896. The Morgan fingerprint density at radius 3 is 2.44 bits per heavy atom. The van der Waals surface area contributed by atoms with Crippen molar-refractivity contribution in [3.63, 3.8) is 0 Å². The zero-order chi connectivity index (χ0) is 6.69. The van der Waals surface area contributed by atoms with E-state index in [0.29, 0.717) is 6.04 Å². The van der Waals surface area contributed by atoms with Gasteiger partial charge in [-0.25, -0.2) is 5.48 Å². The summed E-state index contributed by atoms with van der Waals surface area (Å²) in [7, 11) is 2.10. The first-order valence-corrected chi connectivity index (χ1v) is 3.41. The zero-order valence-electron chi connectivity index (χ0n) is 5.80. The molecule has 1 fully saturated rings. The SMILES string of the molecule is CN1CCC(NO)CC1. The third-order valence-electron chi connectivity index (χ3n) is 1.90. The topological polar surface area (TPSA) is 35.5 Å². The minimum absolute atomic E-state index is 0.334. The fourth-order valence-electron chi connectivity index (χ4n) is 1.14. The van der Waals surface area contributed by atoms with Gasteiger partial charge in [-0.3, -0.25) is 0 Å². The van der Waals surface area contributed by atoms with Crippen LogP contribution >= 0.6 is 0 Å². The third-order valence-corrected chi connectivity index (χ3v) is 1.90. The molecule has 1 saturated heterocycles. The molecule has 0 atom stereocenters. The van der Waals surface area contributed by atoms with E-state index in [0.717, 1.165) is 25.9 Å². The second-order valence-corrected chi connectivity index (χ2v) is 2.71. The van der Waals surface area contributed by atoms with Gasteiger partial charge < -0.3 is 10.1 Å². The minimum Gasteiger partial charge on any atom is -0.317 e. The van der Waals surface area contributed by atoms with Gasteiger partial charge in [0.05, 0.1) is 0 Å². The normalized spacial score (nSPS) is 24.7. The van der Waals surface area contributed by atoms with Gasteiger partial charge in [-0.05, 0) is 33.0 Å². The minimum atomic E-state index is 0.334. The van der Waals surface area contributed by atoms with E-state index in [1.165, 1.54) is 0 Å². The lowest BCUT2D eigenvalue weighted by Gasteiger charge is -2.27. The second kappa shape index (κ2) is 3.15. The van der Waals surface area contributed by atoms with Gasteiger partial charge in [-0.15, -0.1) is 0 Å². The summed E-state index contributed by atoms with van der Waals surface area (Å²) in [5, 5.41) is 8.51. The average molecular weight is 130 g/mol. The van der Waals surface area contributed by atoms with Gasteiger partial charge in [0.15, 0.2) is 0 Å². The molecule has 1 aliphatic heterocycles. The number of hydrogen-bond acceptors (Lipinski definition) is 3. The fourth-order valence-corrected chi connectivity index (χ4v) is 1.14. The van der Waals surface area contributed by atoms with E-state index in [1.807, 2.05) is 0 Å². The molecule has 0 aliphatic carbocycles. The highest BCUT2D eigenvalue weighted by atomic mass is 16.5. The van der Waals surface area contributed by atoms with Crippen LogP contribution in [0.15, 0.2) is 0 Å². The summed E-state index contributed by atoms with van der Waals surface area (Å²) in [6, 6.07) is 0.334. The van der Waals surface area contributed by atoms with E-state index in [4.69, 9.17) is 5.21 Å². The number of hydrogen-bond donors (Lipinski definition) is 2. The smallest absolute Gasteiger partial charge is 0.0344 e. The van der Waals surface area contributed by atoms with Crippen molar-refractivity contribution in [2.45, 2.75) is 18.9 Å². The Kier molecular flexibility index (Phi) is 2.45. The van der Waals surface area contributed by atoms with Gasteiger partial charge in [0.2, 0.25) is 0 Å². The van der Waals surface area contributed by atoms with Crippen LogP contribution in [0, 0.1) is 0 Å². The van der Waals surface area contributed by atoms with E-state index in [9.17, 15) is 0 Å². The first-order chi connectivity index (χ1) is 4.33. The summed E-state index contributed by atoms with van der Waals surface area (Å²) < 4.78 is 0. The number of piperidine rings is 1. The molecular weight excluding hydrogens is 116 g/mol. The molecule has 1 rings (SSSR count). The highest BCUT2D eigenvalue weighted by Gasteiger charge is 2.14. The highest BCUT2D eigenvalue weighted by Crippen LogP contribution is 2.06.